The summed E-state index contributed by atoms with van der Waals surface area (Å²) in [6, 6.07) is 0. The number of carboxylic acid groups (broad SMARTS) is 1. The molecule has 20 heavy (non-hydrogen) atoms. The molecule has 6 heteroatoms. The topological polar surface area (TPSA) is 78.9 Å². The number of amides is 1. The minimum Gasteiger partial charge on any atom is -0.481 e. The highest BCUT2D eigenvalue weighted by Crippen LogP contribution is 2.25. The van der Waals surface area contributed by atoms with Crippen molar-refractivity contribution < 1.29 is 19.4 Å². The van der Waals surface area contributed by atoms with Crippen molar-refractivity contribution >= 4 is 11.9 Å². The lowest BCUT2D eigenvalue weighted by Crippen LogP contribution is -2.44. The summed E-state index contributed by atoms with van der Waals surface area (Å²) in [6.45, 7) is 5.15. The fourth-order valence-corrected chi connectivity index (χ4v) is 2.69. The molecule has 0 aromatic heterocycles. The van der Waals surface area contributed by atoms with Gasteiger partial charge in [0.15, 0.2) is 0 Å². The first-order valence-corrected chi connectivity index (χ1v) is 7.22. The van der Waals surface area contributed by atoms with E-state index in [1.54, 1.807) is 7.11 Å². The number of nitrogens with one attached hydrogen (secondary N) is 1. The van der Waals surface area contributed by atoms with Gasteiger partial charge in [0.25, 0.3) is 0 Å². The molecular weight excluding hydrogens is 260 g/mol. The Balaban J connectivity index is 2.33. The molecule has 1 amide bonds. The lowest BCUT2D eigenvalue weighted by molar-refractivity contribution is -0.138. The summed E-state index contributed by atoms with van der Waals surface area (Å²) >= 11 is 0. The van der Waals surface area contributed by atoms with Gasteiger partial charge in [-0.2, -0.15) is 0 Å². The van der Waals surface area contributed by atoms with Gasteiger partial charge >= 0.3 is 5.97 Å². The Labute approximate surface area is 120 Å². The summed E-state index contributed by atoms with van der Waals surface area (Å²) in [5, 5.41) is 11.7. The molecule has 0 radical (unpaired) electrons. The molecule has 0 bridgehead atoms. The van der Waals surface area contributed by atoms with E-state index in [1.165, 1.54) is 0 Å². The van der Waals surface area contributed by atoms with Gasteiger partial charge in [0, 0.05) is 26.6 Å². The normalized spacial score (nSPS) is 21.4. The molecule has 1 heterocycles. The largest absolute Gasteiger partial charge is 0.481 e. The quantitative estimate of drug-likeness (QED) is 0.638. The van der Waals surface area contributed by atoms with Gasteiger partial charge in [-0.1, -0.05) is 6.92 Å². The standard InChI is InChI=1S/C14H26N2O4/c1-11(8-14(18)19)12-4-3-6-16(9-12)10-13(17)15-5-7-20-2/h11-12H,3-10H2,1-2H3,(H,15,17)(H,18,19). The van der Waals surface area contributed by atoms with Crippen molar-refractivity contribution in [3.63, 3.8) is 0 Å². The van der Waals surface area contributed by atoms with Crippen LogP contribution >= 0.6 is 0 Å². The molecule has 0 aliphatic carbocycles. The smallest absolute Gasteiger partial charge is 0.303 e. The SMILES string of the molecule is COCCNC(=O)CN1CCCC(C(C)CC(=O)O)C1. The van der Waals surface area contributed by atoms with Gasteiger partial charge in [0.2, 0.25) is 5.91 Å². The maximum Gasteiger partial charge on any atom is 0.303 e. The van der Waals surface area contributed by atoms with E-state index in [1.807, 2.05) is 6.92 Å². The van der Waals surface area contributed by atoms with Crippen LogP contribution in [0.5, 0.6) is 0 Å². The number of carbonyl (C=O) groups is 2. The Kier molecular flexibility index (Phi) is 7.54. The van der Waals surface area contributed by atoms with Gasteiger partial charge in [-0.3, -0.25) is 14.5 Å². The molecule has 0 aromatic rings. The van der Waals surface area contributed by atoms with Gasteiger partial charge in [-0.25, -0.2) is 0 Å². The molecule has 1 fully saturated rings. The molecule has 1 aliphatic rings. The zero-order valence-corrected chi connectivity index (χ0v) is 12.4. The predicted octanol–water partition coefficient (Wildman–Crippen LogP) is 0.572. The van der Waals surface area contributed by atoms with Crippen LogP contribution in [0.4, 0.5) is 0 Å². The van der Waals surface area contributed by atoms with E-state index in [-0.39, 0.29) is 18.2 Å². The number of nitrogens with zero attached hydrogens (tertiary/aromatic N) is 1. The Morgan fingerprint density at radius 2 is 2.25 bits per heavy atom. The van der Waals surface area contributed by atoms with Crippen molar-refractivity contribution in [3.8, 4) is 0 Å². The highest BCUT2D eigenvalue weighted by molar-refractivity contribution is 5.78. The van der Waals surface area contributed by atoms with Gasteiger partial charge in [-0.15, -0.1) is 0 Å². The average molecular weight is 286 g/mol. The van der Waals surface area contributed by atoms with Crippen molar-refractivity contribution in [2.45, 2.75) is 26.2 Å². The van der Waals surface area contributed by atoms with E-state index < -0.39 is 5.97 Å². The number of hydrogen-bond acceptors (Lipinski definition) is 4. The fourth-order valence-electron chi connectivity index (χ4n) is 2.69. The third-order valence-corrected chi connectivity index (χ3v) is 3.84. The number of aliphatic carboxylic acids is 1. The number of ether oxygens (including phenoxy) is 1. The monoisotopic (exact) mass is 286 g/mol. The number of rotatable bonds is 8. The lowest BCUT2D eigenvalue weighted by Gasteiger charge is -2.35. The van der Waals surface area contributed by atoms with E-state index in [0.29, 0.717) is 25.6 Å². The maximum absolute atomic E-state index is 11.7. The second kappa shape index (κ2) is 8.92. The molecule has 1 saturated heterocycles. The van der Waals surface area contributed by atoms with E-state index in [2.05, 4.69) is 10.2 Å². The minimum atomic E-state index is -0.744. The van der Waals surface area contributed by atoms with Crippen molar-refractivity contribution in [1.29, 1.82) is 0 Å². The van der Waals surface area contributed by atoms with Crippen LogP contribution < -0.4 is 5.32 Å². The number of methoxy groups -OCH3 is 1. The zero-order valence-electron chi connectivity index (χ0n) is 12.4. The third-order valence-electron chi connectivity index (χ3n) is 3.84. The van der Waals surface area contributed by atoms with Crippen LogP contribution in [0.25, 0.3) is 0 Å². The van der Waals surface area contributed by atoms with Gasteiger partial charge in [-0.05, 0) is 31.2 Å². The molecule has 0 saturated carbocycles. The first-order valence-electron chi connectivity index (χ1n) is 7.22. The second-order valence-corrected chi connectivity index (χ2v) is 5.56. The van der Waals surface area contributed by atoms with Crippen LogP contribution in [0.2, 0.25) is 0 Å². The summed E-state index contributed by atoms with van der Waals surface area (Å²) in [4.78, 5) is 24.6. The van der Waals surface area contributed by atoms with Crippen molar-refractivity contribution in [1.82, 2.24) is 10.2 Å². The van der Waals surface area contributed by atoms with E-state index in [9.17, 15) is 9.59 Å². The van der Waals surface area contributed by atoms with Crippen LogP contribution in [0, 0.1) is 11.8 Å². The molecule has 0 aromatic carbocycles. The number of carbonyl (C=O) groups excluding carboxylic acids is 1. The molecule has 2 unspecified atom stereocenters. The molecule has 6 nitrogen and oxygen atoms in total. The van der Waals surface area contributed by atoms with Crippen LogP contribution in [0.1, 0.15) is 26.2 Å². The lowest BCUT2D eigenvalue weighted by atomic mass is 9.84. The Morgan fingerprint density at radius 1 is 1.50 bits per heavy atom. The average Bonchev–Trinajstić information content (AvgIpc) is 2.38. The molecule has 1 rings (SSSR count). The van der Waals surface area contributed by atoms with Gasteiger partial charge in [0.05, 0.1) is 13.2 Å². The Bertz CT molecular complexity index is 322. The highest BCUT2D eigenvalue weighted by Gasteiger charge is 2.26. The Morgan fingerprint density at radius 3 is 2.90 bits per heavy atom. The second-order valence-electron chi connectivity index (χ2n) is 5.56. The summed E-state index contributed by atoms with van der Waals surface area (Å²) in [5.74, 6) is -0.209. The fraction of sp³-hybridized carbons (Fsp3) is 0.857. The van der Waals surface area contributed by atoms with E-state index >= 15 is 0 Å². The third kappa shape index (κ3) is 6.34. The van der Waals surface area contributed by atoms with Gasteiger partial charge in [0.1, 0.15) is 0 Å². The van der Waals surface area contributed by atoms with Crippen molar-refractivity contribution in [3.05, 3.63) is 0 Å². The number of hydrogen-bond donors (Lipinski definition) is 2. The van der Waals surface area contributed by atoms with Crippen molar-refractivity contribution in [2.75, 3.05) is 39.9 Å². The first kappa shape index (κ1) is 16.9. The first-order chi connectivity index (χ1) is 9.52. The summed E-state index contributed by atoms with van der Waals surface area (Å²) in [7, 11) is 1.60. The predicted molar refractivity (Wildman–Crippen MR) is 75.5 cm³/mol. The molecular formula is C14H26N2O4. The summed E-state index contributed by atoms with van der Waals surface area (Å²) in [6.07, 6.45) is 2.29. The number of piperidine rings is 1. The number of likely N-dealkylation sites (tertiary alicyclic amines) is 1. The van der Waals surface area contributed by atoms with Crippen LogP contribution in [0.3, 0.4) is 0 Å². The molecule has 2 atom stereocenters. The van der Waals surface area contributed by atoms with Crippen LogP contribution in [0.15, 0.2) is 0 Å². The van der Waals surface area contributed by atoms with Crippen LogP contribution in [-0.4, -0.2) is 61.8 Å². The Hall–Kier alpha value is -1.14. The highest BCUT2D eigenvalue weighted by atomic mass is 16.5. The molecule has 2 N–H and O–H groups in total. The summed E-state index contributed by atoms with van der Waals surface area (Å²) in [5.41, 5.74) is 0. The maximum atomic E-state index is 11.7. The summed E-state index contributed by atoms with van der Waals surface area (Å²) < 4.78 is 4.88. The zero-order chi connectivity index (χ0) is 15.0. The van der Waals surface area contributed by atoms with Gasteiger partial charge < -0.3 is 15.2 Å². The van der Waals surface area contributed by atoms with E-state index in [0.717, 1.165) is 25.9 Å². The molecule has 116 valence electrons. The van der Waals surface area contributed by atoms with Crippen LogP contribution in [-0.2, 0) is 14.3 Å². The minimum absolute atomic E-state index is 0.00795. The van der Waals surface area contributed by atoms with Crippen molar-refractivity contribution in [2.24, 2.45) is 11.8 Å². The molecule has 1 aliphatic heterocycles. The molecule has 0 spiro atoms. The van der Waals surface area contributed by atoms with E-state index in [4.69, 9.17) is 9.84 Å². The number of carboxylic acids is 1.